The number of halogens is 2. The molecule has 0 aliphatic carbocycles. The van der Waals surface area contributed by atoms with Crippen molar-refractivity contribution in [2.45, 2.75) is 26.1 Å². The van der Waals surface area contributed by atoms with E-state index in [0.717, 1.165) is 4.90 Å². The van der Waals surface area contributed by atoms with Crippen molar-refractivity contribution in [2.24, 2.45) is 0 Å². The van der Waals surface area contributed by atoms with E-state index >= 15 is 0 Å². The molecule has 84 valence electrons. The highest BCUT2D eigenvalue weighted by Gasteiger charge is 2.49. The summed E-state index contributed by atoms with van der Waals surface area (Å²) < 4.78 is 32.1. The van der Waals surface area contributed by atoms with E-state index in [9.17, 15) is 8.78 Å². The predicted octanol–water partition coefficient (Wildman–Crippen LogP) is 1.21. The second kappa shape index (κ2) is 4.51. The van der Waals surface area contributed by atoms with Gasteiger partial charge in [0.15, 0.2) is 0 Å². The lowest BCUT2D eigenvalue weighted by molar-refractivity contribution is -0.220. The molecule has 0 radical (unpaired) electrons. The van der Waals surface area contributed by atoms with Crippen LogP contribution in [0.5, 0.6) is 0 Å². The number of hydrogen-bond donors (Lipinski definition) is 0. The third-order valence-electron chi connectivity index (χ3n) is 2.53. The molecule has 0 aromatic carbocycles. The average molecular weight is 208 g/mol. The fourth-order valence-electron chi connectivity index (χ4n) is 1.70. The highest BCUT2D eigenvalue weighted by Crippen LogP contribution is 2.31. The van der Waals surface area contributed by atoms with Crippen LogP contribution < -0.4 is 0 Å². The van der Waals surface area contributed by atoms with E-state index in [-0.39, 0.29) is 12.6 Å². The molecule has 1 aliphatic heterocycles. The van der Waals surface area contributed by atoms with Crippen LogP contribution in [0.4, 0.5) is 8.78 Å². The molecule has 0 aromatic rings. The Hall–Kier alpha value is -0.260. The van der Waals surface area contributed by atoms with Gasteiger partial charge in [0.25, 0.3) is 0 Å². The number of nitrogens with zero attached hydrogens (tertiary/aromatic N) is 2. The summed E-state index contributed by atoms with van der Waals surface area (Å²) in [5.74, 6) is 0. The molecule has 1 heterocycles. The standard InChI is InChI=1S/C9H18F2N2O/c1-8(2)13-5-4-12(6-7-14-3)9(13,10)11/h8H,4-7H2,1-3H3. The van der Waals surface area contributed by atoms with Crippen molar-refractivity contribution < 1.29 is 13.5 Å². The van der Waals surface area contributed by atoms with E-state index in [1.807, 2.05) is 0 Å². The smallest absolute Gasteiger partial charge is 0.369 e. The Bertz CT molecular complexity index is 188. The maximum absolute atomic E-state index is 13.6. The summed E-state index contributed by atoms with van der Waals surface area (Å²) in [6, 6.07) is -0.127. The van der Waals surface area contributed by atoms with Crippen molar-refractivity contribution in [2.75, 3.05) is 33.4 Å². The van der Waals surface area contributed by atoms with E-state index < -0.39 is 6.17 Å². The summed E-state index contributed by atoms with van der Waals surface area (Å²) in [4.78, 5) is 2.37. The van der Waals surface area contributed by atoms with Gasteiger partial charge < -0.3 is 4.74 Å². The maximum Gasteiger partial charge on any atom is 0.369 e. The van der Waals surface area contributed by atoms with Crippen LogP contribution in [0.1, 0.15) is 13.8 Å². The Morgan fingerprint density at radius 3 is 2.43 bits per heavy atom. The zero-order valence-electron chi connectivity index (χ0n) is 8.96. The molecule has 3 nitrogen and oxygen atoms in total. The van der Waals surface area contributed by atoms with Crippen molar-refractivity contribution in [3.8, 4) is 0 Å². The SMILES string of the molecule is COCCN1CCN(C(C)C)C1(F)F. The largest absolute Gasteiger partial charge is 0.383 e. The van der Waals surface area contributed by atoms with Crippen LogP contribution in [0, 0.1) is 0 Å². The molecule has 0 N–H and O–H groups in total. The van der Waals surface area contributed by atoms with Crippen molar-refractivity contribution in [1.29, 1.82) is 0 Å². The molecule has 5 heteroatoms. The second-order valence-corrected chi connectivity index (χ2v) is 3.78. The van der Waals surface area contributed by atoms with Crippen LogP contribution in [0.3, 0.4) is 0 Å². The fraction of sp³-hybridized carbons (Fsp3) is 1.00. The molecule has 0 atom stereocenters. The summed E-state index contributed by atoms with van der Waals surface area (Å²) in [5, 5.41) is 0. The number of hydrogen-bond acceptors (Lipinski definition) is 3. The zero-order valence-corrected chi connectivity index (χ0v) is 8.96. The summed E-state index contributed by atoms with van der Waals surface area (Å²) in [6.07, 6.45) is -2.81. The Morgan fingerprint density at radius 2 is 2.00 bits per heavy atom. The summed E-state index contributed by atoms with van der Waals surface area (Å²) >= 11 is 0. The highest BCUT2D eigenvalue weighted by atomic mass is 19.3. The Kier molecular flexibility index (Phi) is 3.80. The van der Waals surface area contributed by atoms with Crippen molar-refractivity contribution in [3.05, 3.63) is 0 Å². The molecule has 0 bridgehead atoms. The molecular weight excluding hydrogens is 190 g/mol. The number of ether oxygens (including phenoxy) is 1. The first-order valence-corrected chi connectivity index (χ1v) is 4.88. The Labute approximate surface area is 83.6 Å². The van der Waals surface area contributed by atoms with Gasteiger partial charge in [-0.25, -0.2) is 9.80 Å². The third-order valence-corrected chi connectivity index (χ3v) is 2.53. The van der Waals surface area contributed by atoms with Crippen LogP contribution in [0.2, 0.25) is 0 Å². The van der Waals surface area contributed by atoms with Gasteiger partial charge in [-0.1, -0.05) is 0 Å². The molecule has 0 aromatic heterocycles. The highest BCUT2D eigenvalue weighted by molar-refractivity contribution is 4.82. The van der Waals surface area contributed by atoms with Crippen molar-refractivity contribution in [1.82, 2.24) is 9.80 Å². The quantitative estimate of drug-likeness (QED) is 0.646. The fourth-order valence-corrected chi connectivity index (χ4v) is 1.70. The first-order valence-electron chi connectivity index (χ1n) is 4.88. The molecule has 0 saturated carbocycles. The van der Waals surface area contributed by atoms with Crippen molar-refractivity contribution >= 4 is 0 Å². The maximum atomic E-state index is 13.6. The van der Waals surface area contributed by atoms with Crippen LogP contribution in [-0.4, -0.2) is 55.4 Å². The molecule has 0 unspecified atom stereocenters. The minimum Gasteiger partial charge on any atom is -0.383 e. The van der Waals surface area contributed by atoms with Gasteiger partial charge in [-0.2, -0.15) is 8.78 Å². The van der Waals surface area contributed by atoms with Crippen LogP contribution >= 0.6 is 0 Å². The third kappa shape index (κ3) is 2.21. The number of alkyl halides is 2. The summed E-state index contributed by atoms with van der Waals surface area (Å²) in [7, 11) is 1.52. The lowest BCUT2D eigenvalue weighted by Gasteiger charge is -2.31. The topological polar surface area (TPSA) is 15.7 Å². The van der Waals surface area contributed by atoms with E-state index in [4.69, 9.17) is 4.74 Å². The van der Waals surface area contributed by atoms with Gasteiger partial charge in [-0.3, -0.25) is 0 Å². The van der Waals surface area contributed by atoms with Gasteiger partial charge in [0.05, 0.1) is 6.61 Å². The molecule has 1 saturated heterocycles. The van der Waals surface area contributed by atoms with Gasteiger partial charge in [-0.15, -0.1) is 0 Å². The van der Waals surface area contributed by atoms with Crippen LogP contribution in [-0.2, 0) is 4.74 Å². The van der Waals surface area contributed by atoms with Gasteiger partial charge in [0.2, 0.25) is 0 Å². The summed E-state index contributed by atoms with van der Waals surface area (Å²) in [6.45, 7) is 5.04. The first-order chi connectivity index (χ1) is 6.50. The van der Waals surface area contributed by atoms with E-state index in [0.29, 0.717) is 19.7 Å². The summed E-state index contributed by atoms with van der Waals surface area (Å²) in [5.41, 5.74) is 0. The van der Waals surface area contributed by atoms with Crippen LogP contribution in [0.25, 0.3) is 0 Å². The van der Waals surface area contributed by atoms with Crippen LogP contribution in [0.15, 0.2) is 0 Å². The van der Waals surface area contributed by atoms with E-state index in [1.54, 1.807) is 13.8 Å². The minimum atomic E-state index is -2.81. The normalized spacial score (nSPS) is 23.6. The molecule has 1 aliphatic rings. The van der Waals surface area contributed by atoms with Gasteiger partial charge in [0.1, 0.15) is 0 Å². The molecule has 1 rings (SSSR count). The monoisotopic (exact) mass is 208 g/mol. The molecular formula is C9H18F2N2O. The lowest BCUT2D eigenvalue weighted by atomic mass is 10.3. The van der Waals surface area contributed by atoms with E-state index in [2.05, 4.69) is 0 Å². The van der Waals surface area contributed by atoms with Gasteiger partial charge >= 0.3 is 6.17 Å². The Balaban J connectivity index is 2.56. The molecule has 0 amide bonds. The molecule has 0 spiro atoms. The predicted molar refractivity (Wildman–Crippen MR) is 50.2 cm³/mol. The van der Waals surface area contributed by atoms with Gasteiger partial charge in [0, 0.05) is 32.8 Å². The first kappa shape index (κ1) is 11.8. The molecule has 1 fully saturated rings. The number of rotatable bonds is 4. The number of methoxy groups -OCH3 is 1. The Morgan fingerprint density at radius 1 is 1.36 bits per heavy atom. The molecule has 14 heavy (non-hydrogen) atoms. The van der Waals surface area contributed by atoms with E-state index in [1.165, 1.54) is 12.0 Å². The average Bonchev–Trinajstić information content (AvgIpc) is 2.37. The lowest BCUT2D eigenvalue weighted by Crippen LogP contribution is -2.49. The zero-order chi connectivity index (χ0) is 10.8. The van der Waals surface area contributed by atoms with Crippen molar-refractivity contribution in [3.63, 3.8) is 0 Å². The minimum absolute atomic E-state index is 0.127. The van der Waals surface area contributed by atoms with Gasteiger partial charge in [-0.05, 0) is 13.8 Å². The second-order valence-electron chi connectivity index (χ2n) is 3.78.